The average Bonchev–Trinajstić information content (AvgIpc) is 2.44. The van der Waals surface area contributed by atoms with Gasteiger partial charge in [0.1, 0.15) is 0 Å². The predicted octanol–water partition coefficient (Wildman–Crippen LogP) is -1.08. The Morgan fingerprint density at radius 2 is 1.89 bits per heavy atom. The quantitative estimate of drug-likeness (QED) is 0.490. The molecule has 0 unspecified atom stereocenters. The molecule has 1 N–H and O–H groups in total. The third kappa shape index (κ3) is 6.22. The van der Waals surface area contributed by atoms with Gasteiger partial charge in [-0.1, -0.05) is 5.92 Å². The van der Waals surface area contributed by atoms with E-state index in [1.54, 1.807) is 0 Å². The van der Waals surface area contributed by atoms with E-state index in [1.165, 1.54) is 7.11 Å². The van der Waals surface area contributed by atoms with Crippen LogP contribution in [0, 0.1) is 12.3 Å². The number of methoxy groups -OCH3 is 1. The fourth-order valence-electron chi connectivity index (χ4n) is 1.93. The monoisotopic (exact) mass is 267 g/mol. The minimum absolute atomic E-state index is 0.0408. The smallest absolute Gasteiger partial charge is 0.306 e. The molecule has 1 amide bonds. The molecule has 1 rings (SSSR count). The van der Waals surface area contributed by atoms with E-state index in [4.69, 9.17) is 6.42 Å². The SMILES string of the molecule is C#CCNC(=O)CN1CCN(CCC(=O)OC)CC1. The third-order valence-corrected chi connectivity index (χ3v) is 3.08. The number of hydrogen-bond donors (Lipinski definition) is 1. The van der Waals surface area contributed by atoms with Crippen LogP contribution in [-0.2, 0) is 14.3 Å². The lowest BCUT2D eigenvalue weighted by Crippen LogP contribution is -2.49. The average molecular weight is 267 g/mol. The van der Waals surface area contributed by atoms with E-state index in [-0.39, 0.29) is 18.4 Å². The molecular formula is C13H21N3O3. The van der Waals surface area contributed by atoms with Crippen molar-refractivity contribution in [1.82, 2.24) is 15.1 Å². The number of carbonyl (C=O) groups is 2. The Kier molecular flexibility index (Phi) is 6.93. The fourth-order valence-corrected chi connectivity index (χ4v) is 1.93. The fraction of sp³-hybridized carbons (Fsp3) is 0.692. The van der Waals surface area contributed by atoms with Crippen LogP contribution >= 0.6 is 0 Å². The van der Waals surface area contributed by atoms with Crippen LogP contribution in [-0.4, -0.2) is 74.6 Å². The van der Waals surface area contributed by atoms with Crippen molar-refractivity contribution in [3.63, 3.8) is 0 Å². The summed E-state index contributed by atoms with van der Waals surface area (Å²) in [5.74, 6) is 2.15. The lowest BCUT2D eigenvalue weighted by molar-refractivity contribution is -0.141. The molecular weight excluding hydrogens is 246 g/mol. The highest BCUT2D eigenvalue weighted by molar-refractivity contribution is 5.78. The first-order valence-corrected chi connectivity index (χ1v) is 6.37. The van der Waals surface area contributed by atoms with E-state index in [0.29, 0.717) is 19.5 Å². The molecule has 1 aliphatic heterocycles. The van der Waals surface area contributed by atoms with Gasteiger partial charge in [-0.3, -0.25) is 14.5 Å². The second kappa shape index (κ2) is 8.51. The highest BCUT2D eigenvalue weighted by atomic mass is 16.5. The van der Waals surface area contributed by atoms with Gasteiger partial charge in [0.15, 0.2) is 0 Å². The molecule has 1 aliphatic rings. The van der Waals surface area contributed by atoms with Gasteiger partial charge in [-0.15, -0.1) is 6.42 Å². The van der Waals surface area contributed by atoms with E-state index in [2.05, 4.69) is 25.8 Å². The highest BCUT2D eigenvalue weighted by Gasteiger charge is 2.19. The Hall–Kier alpha value is -1.58. The zero-order valence-corrected chi connectivity index (χ0v) is 11.4. The van der Waals surface area contributed by atoms with Gasteiger partial charge < -0.3 is 15.0 Å². The van der Waals surface area contributed by atoms with Gasteiger partial charge in [-0.2, -0.15) is 0 Å². The largest absolute Gasteiger partial charge is 0.469 e. The molecule has 0 aliphatic carbocycles. The molecule has 0 aromatic rings. The van der Waals surface area contributed by atoms with Gasteiger partial charge in [0.05, 0.1) is 26.6 Å². The first-order chi connectivity index (χ1) is 9.15. The lowest BCUT2D eigenvalue weighted by atomic mass is 10.3. The van der Waals surface area contributed by atoms with Crippen molar-refractivity contribution in [1.29, 1.82) is 0 Å². The Bertz CT molecular complexity index is 344. The highest BCUT2D eigenvalue weighted by Crippen LogP contribution is 2.02. The van der Waals surface area contributed by atoms with Crippen LogP contribution in [0.15, 0.2) is 0 Å². The molecule has 0 aromatic heterocycles. The Morgan fingerprint density at radius 1 is 1.26 bits per heavy atom. The second-order valence-electron chi connectivity index (χ2n) is 4.42. The molecule has 0 aromatic carbocycles. The van der Waals surface area contributed by atoms with Gasteiger partial charge in [0, 0.05) is 32.7 Å². The molecule has 0 spiro atoms. The van der Waals surface area contributed by atoms with E-state index >= 15 is 0 Å². The predicted molar refractivity (Wildman–Crippen MR) is 71.4 cm³/mol. The summed E-state index contributed by atoms with van der Waals surface area (Å²) in [4.78, 5) is 26.8. The summed E-state index contributed by atoms with van der Waals surface area (Å²) in [6.45, 7) is 4.74. The van der Waals surface area contributed by atoms with E-state index in [1.807, 2.05) is 0 Å². The number of nitrogens with one attached hydrogen (secondary N) is 1. The Balaban J connectivity index is 2.16. The van der Waals surface area contributed by atoms with Crippen LogP contribution in [0.3, 0.4) is 0 Å². The zero-order chi connectivity index (χ0) is 14.1. The molecule has 0 saturated carbocycles. The summed E-state index contributed by atoms with van der Waals surface area (Å²) in [5.41, 5.74) is 0. The molecule has 106 valence electrons. The number of rotatable bonds is 6. The number of hydrogen-bond acceptors (Lipinski definition) is 5. The van der Waals surface area contributed by atoms with Crippen LogP contribution < -0.4 is 5.32 Å². The van der Waals surface area contributed by atoms with E-state index in [0.717, 1.165) is 26.2 Å². The molecule has 1 saturated heterocycles. The number of carbonyl (C=O) groups excluding carboxylic acids is 2. The van der Waals surface area contributed by atoms with Crippen molar-refractivity contribution < 1.29 is 14.3 Å². The summed E-state index contributed by atoms with van der Waals surface area (Å²) >= 11 is 0. The number of amides is 1. The summed E-state index contributed by atoms with van der Waals surface area (Å²) in [7, 11) is 1.40. The van der Waals surface area contributed by atoms with Gasteiger partial charge in [-0.25, -0.2) is 0 Å². The maximum Gasteiger partial charge on any atom is 0.306 e. The number of terminal acetylenes is 1. The molecule has 1 fully saturated rings. The van der Waals surface area contributed by atoms with Crippen LogP contribution in [0.5, 0.6) is 0 Å². The summed E-state index contributed by atoms with van der Waals surface area (Å²) in [6.07, 6.45) is 5.49. The molecule has 1 heterocycles. The van der Waals surface area contributed by atoms with Gasteiger partial charge in [-0.05, 0) is 0 Å². The van der Waals surface area contributed by atoms with Crippen molar-refractivity contribution in [2.45, 2.75) is 6.42 Å². The number of ether oxygens (including phenoxy) is 1. The first kappa shape index (κ1) is 15.5. The maximum atomic E-state index is 11.5. The normalized spacial score (nSPS) is 16.6. The summed E-state index contributed by atoms with van der Waals surface area (Å²) in [5, 5.41) is 2.65. The van der Waals surface area contributed by atoms with Crippen LogP contribution in [0.4, 0.5) is 0 Å². The first-order valence-electron chi connectivity index (χ1n) is 6.37. The van der Waals surface area contributed by atoms with Crippen molar-refractivity contribution in [2.75, 3.05) is 52.9 Å². The number of esters is 1. The van der Waals surface area contributed by atoms with Crippen molar-refractivity contribution >= 4 is 11.9 Å². The van der Waals surface area contributed by atoms with Gasteiger partial charge >= 0.3 is 5.97 Å². The lowest BCUT2D eigenvalue weighted by Gasteiger charge is -2.33. The summed E-state index contributed by atoms with van der Waals surface area (Å²) < 4.78 is 4.61. The molecule has 6 nitrogen and oxygen atoms in total. The topological polar surface area (TPSA) is 61.9 Å². The Morgan fingerprint density at radius 3 is 2.47 bits per heavy atom. The minimum Gasteiger partial charge on any atom is -0.469 e. The molecule has 19 heavy (non-hydrogen) atoms. The second-order valence-corrected chi connectivity index (χ2v) is 4.42. The molecule has 6 heteroatoms. The zero-order valence-electron chi connectivity index (χ0n) is 11.4. The standard InChI is InChI=1S/C13H21N3O3/c1-3-5-14-12(17)11-16-9-7-15(8-10-16)6-4-13(18)19-2/h1H,4-11H2,2H3,(H,14,17). The maximum absolute atomic E-state index is 11.5. The van der Waals surface area contributed by atoms with E-state index < -0.39 is 0 Å². The van der Waals surface area contributed by atoms with E-state index in [9.17, 15) is 9.59 Å². The Labute approximate surface area is 114 Å². The number of nitrogens with zero attached hydrogens (tertiary/aromatic N) is 2. The molecule has 0 bridgehead atoms. The molecule has 0 radical (unpaired) electrons. The third-order valence-electron chi connectivity index (χ3n) is 3.08. The van der Waals surface area contributed by atoms with Crippen LogP contribution in [0.1, 0.15) is 6.42 Å². The van der Waals surface area contributed by atoms with Gasteiger partial charge in [0.25, 0.3) is 0 Å². The van der Waals surface area contributed by atoms with Crippen molar-refractivity contribution in [2.24, 2.45) is 0 Å². The van der Waals surface area contributed by atoms with Crippen LogP contribution in [0.2, 0.25) is 0 Å². The summed E-state index contributed by atoms with van der Waals surface area (Å²) in [6, 6.07) is 0. The number of piperazine rings is 1. The van der Waals surface area contributed by atoms with Crippen LogP contribution in [0.25, 0.3) is 0 Å². The minimum atomic E-state index is -0.184. The molecule has 0 atom stereocenters. The van der Waals surface area contributed by atoms with Gasteiger partial charge in [0.2, 0.25) is 5.91 Å². The van der Waals surface area contributed by atoms with Crippen molar-refractivity contribution in [3.05, 3.63) is 0 Å². The van der Waals surface area contributed by atoms with Crippen molar-refractivity contribution in [3.8, 4) is 12.3 Å².